The normalized spacial score (nSPS) is 13.0. The van der Waals surface area contributed by atoms with Crippen molar-refractivity contribution in [2.75, 3.05) is 29.9 Å². The Balaban J connectivity index is 1.54. The summed E-state index contributed by atoms with van der Waals surface area (Å²) >= 11 is 0. The SMILES string of the molecule is CCCN1CCCc2cc(CCNC(=O)C(=O)Nc3c(C)cc(C)cc3C)ccc21. The van der Waals surface area contributed by atoms with Crippen molar-refractivity contribution in [3.05, 3.63) is 58.1 Å². The minimum absolute atomic E-state index is 0.440. The van der Waals surface area contributed by atoms with E-state index in [-0.39, 0.29) is 0 Å². The lowest BCUT2D eigenvalue weighted by Gasteiger charge is -2.31. The molecule has 0 atom stereocenters. The predicted molar refractivity (Wildman–Crippen MR) is 123 cm³/mol. The highest BCUT2D eigenvalue weighted by molar-refractivity contribution is 6.39. The number of rotatable bonds is 6. The first-order chi connectivity index (χ1) is 14.4. The number of aryl methyl sites for hydroxylation is 4. The quantitative estimate of drug-likeness (QED) is 0.710. The summed E-state index contributed by atoms with van der Waals surface area (Å²) in [5, 5.41) is 5.50. The molecule has 2 aromatic rings. The van der Waals surface area contributed by atoms with Crippen LogP contribution in [-0.2, 0) is 22.4 Å². The fraction of sp³-hybridized carbons (Fsp3) is 0.440. The molecule has 5 heteroatoms. The molecule has 0 spiro atoms. The van der Waals surface area contributed by atoms with Gasteiger partial charge in [-0.05, 0) is 74.8 Å². The predicted octanol–water partition coefficient (Wildman–Crippen LogP) is 4.07. The topological polar surface area (TPSA) is 61.4 Å². The van der Waals surface area contributed by atoms with Gasteiger partial charge in [0.25, 0.3) is 0 Å². The third-order valence-corrected chi connectivity index (χ3v) is 5.67. The number of hydrogen-bond acceptors (Lipinski definition) is 3. The molecule has 2 amide bonds. The van der Waals surface area contributed by atoms with Gasteiger partial charge in [0.05, 0.1) is 0 Å². The molecular formula is C25H33N3O2. The number of nitrogens with zero attached hydrogens (tertiary/aromatic N) is 1. The van der Waals surface area contributed by atoms with Crippen LogP contribution in [0.3, 0.4) is 0 Å². The van der Waals surface area contributed by atoms with Gasteiger partial charge in [-0.1, -0.05) is 36.8 Å². The lowest BCUT2D eigenvalue weighted by Crippen LogP contribution is -2.36. The standard InChI is InChI=1S/C25H33N3O2/c1-5-12-28-13-6-7-21-16-20(8-9-22(21)28)10-11-26-24(29)25(30)27-23-18(3)14-17(2)15-19(23)4/h8-9,14-16H,5-7,10-13H2,1-4H3,(H,26,29)(H,27,30). The van der Waals surface area contributed by atoms with Crippen LogP contribution in [0.25, 0.3) is 0 Å². The largest absolute Gasteiger partial charge is 0.371 e. The van der Waals surface area contributed by atoms with E-state index in [1.807, 2.05) is 32.9 Å². The fourth-order valence-corrected chi connectivity index (χ4v) is 4.33. The number of nitrogens with one attached hydrogen (secondary N) is 2. The Bertz CT molecular complexity index is 913. The first kappa shape index (κ1) is 21.9. The number of amides is 2. The number of hydrogen-bond donors (Lipinski definition) is 2. The molecule has 2 aromatic carbocycles. The van der Waals surface area contributed by atoms with E-state index in [4.69, 9.17) is 0 Å². The molecule has 0 saturated heterocycles. The van der Waals surface area contributed by atoms with Gasteiger partial charge in [-0.15, -0.1) is 0 Å². The first-order valence-corrected chi connectivity index (χ1v) is 10.9. The van der Waals surface area contributed by atoms with Crippen LogP contribution in [0.4, 0.5) is 11.4 Å². The second kappa shape index (κ2) is 9.79. The zero-order valence-electron chi connectivity index (χ0n) is 18.6. The summed E-state index contributed by atoms with van der Waals surface area (Å²) in [4.78, 5) is 27.0. The molecule has 0 aromatic heterocycles. The molecule has 0 bridgehead atoms. The van der Waals surface area contributed by atoms with Crippen LogP contribution in [0.1, 0.15) is 47.6 Å². The molecule has 0 unspecified atom stereocenters. The van der Waals surface area contributed by atoms with Crippen LogP contribution in [0.5, 0.6) is 0 Å². The van der Waals surface area contributed by atoms with Gasteiger partial charge >= 0.3 is 11.8 Å². The number of carbonyl (C=O) groups excluding carboxylic acids is 2. The van der Waals surface area contributed by atoms with Crippen molar-refractivity contribution < 1.29 is 9.59 Å². The van der Waals surface area contributed by atoms with Gasteiger partial charge in [0.2, 0.25) is 0 Å². The smallest absolute Gasteiger partial charge is 0.313 e. The highest BCUT2D eigenvalue weighted by Gasteiger charge is 2.18. The third kappa shape index (κ3) is 5.21. The van der Waals surface area contributed by atoms with E-state index in [1.165, 1.54) is 23.2 Å². The molecule has 3 rings (SSSR count). The summed E-state index contributed by atoms with van der Waals surface area (Å²) in [6, 6.07) is 10.6. The zero-order valence-corrected chi connectivity index (χ0v) is 18.6. The van der Waals surface area contributed by atoms with E-state index in [0.717, 1.165) is 42.6 Å². The van der Waals surface area contributed by atoms with Crippen molar-refractivity contribution in [3.8, 4) is 0 Å². The third-order valence-electron chi connectivity index (χ3n) is 5.67. The second-order valence-corrected chi connectivity index (χ2v) is 8.29. The summed E-state index contributed by atoms with van der Waals surface area (Å²) < 4.78 is 0. The zero-order chi connectivity index (χ0) is 21.7. The van der Waals surface area contributed by atoms with Crippen LogP contribution in [0.2, 0.25) is 0 Å². The minimum atomic E-state index is -0.620. The highest BCUT2D eigenvalue weighted by Crippen LogP contribution is 2.28. The lowest BCUT2D eigenvalue weighted by atomic mass is 9.98. The Morgan fingerprint density at radius 1 is 1.03 bits per heavy atom. The van der Waals surface area contributed by atoms with Crippen molar-refractivity contribution in [2.45, 2.75) is 53.4 Å². The van der Waals surface area contributed by atoms with E-state index in [9.17, 15) is 9.59 Å². The first-order valence-electron chi connectivity index (χ1n) is 10.9. The Hall–Kier alpha value is -2.82. The van der Waals surface area contributed by atoms with Crippen molar-refractivity contribution in [2.24, 2.45) is 0 Å². The molecule has 160 valence electrons. The Kier molecular flexibility index (Phi) is 7.14. The van der Waals surface area contributed by atoms with Crippen LogP contribution >= 0.6 is 0 Å². The Labute approximate surface area is 179 Å². The fourth-order valence-electron chi connectivity index (χ4n) is 4.33. The van der Waals surface area contributed by atoms with Crippen molar-refractivity contribution >= 4 is 23.2 Å². The Morgan fingerprint density at radius 2 is 1.77 bits per heavy atom. The van der Waals surface area contributed by atoms with Crippen LogP contribution in [0, 0.1) is 20.8 Å². The van der Waals surface area contributed by atoms with Crippen molar-refractivity contribution in [1.82, 2.24) is 5.32 Å². The molecule has 0 aliphatic carbocycles. The maximum atomic E-state index is 12.3. The number of benzene rings is 2. The summed E-state index contributed by atoms with van der Waals surface area (Å²) in [5.74, 6) is -1.22. The van der Waals surface area contributed by atoms with Gasteiger partial charge in [0.1, 0.15) is 0 Å². The molecule has 0 radical (unpaired) electrons. The number of carbonyl (C=O) groups is 2. The molecule has 2 N–H and O–H groups in total. The monoisotopic (exact) mass is 407 g/mol. The van der Waals surface area contributed by atoms with E-state index >= 15 is 0 Å². The lowest BCUT2D eigenvalue weighted by molar-refractivity contribution is -0.136. The summed E-state index contributed by atoms with van der Waals surface area (Å²) in [6.45, 7) is 10.8. The maximum Gasteiger partial charge on any atom is 0.313 e. The van der Waals surface area contributed by atoms with Gasteiger partial charge in [-0.2, -0.15) is 0 Å². The van der Waals surface area contributed by atoms with Crippen molar-refractivity contribution in [3.63, 3.8) is 0 Å². The van der Waals surface area contributed by atoms with E-state index in [2.05, 4.69) is 40.7 Å². The molecule has 5 nitrogen and oxygen atoms in total. The second-order valence-electron chi connectivity index (χ2n) is 8.29. The van der Waals surface area contributed by atoms with Crippen LogP contribution in [-0.4, -0.2) is 31.4 Å². The maximum absolute atomic E-state index is 12.3. The summed E-state index contributed by atoms with van der Waals surface area (Å²) in [6.07, 6.45) is 4.15. The molecule has 1 aliphatic rings. The van der Waals surface area contributed by atoms with Crippen molar-refractivity contribution in [1.29, 1.82) is 0 Å². The Morgan fingerprint density at radius 3 is 2.47 bits per heavy atom. The van der Waals surface area contributed by atoms with E-state index < -0.39 is 11.8 Å². The highest BCUT2D eigenvalue weighted by atomic mass is 16.2. The van der Waals surface area contributed by atoms with Crippen LogP contribution < -0.4 is 15.5 Å². The summed E-state index contributed by atoms with van der Waals surface area (Å²) in [5.41, 5.74) is 7.70. The van der Waals surface area contributed by atoms with Gasteiger partial charge < -0.3 is 15.5 Å². The van der Waals surface area contributed by atoms with E-state index in [1.54, 1.807) is 0 Å². The average Bonchev–Trinajstić information content (AvgIpc) is 2.70. The van der Waals surface area contributed by atoms with E-state index in [0.29, 0.717) is 18.7 Å². The molecular weight excluding hydrogens is 374 g/mol. The number of fused-ring (bicyclic) bond motifs is 1. The van der Waals surface area contributed by atoms with Gasteiger partial charge in [-0.3, -0.25) is 9.59 Å². The molecule has 30 heavy (non-hydrogen) atoms. The van der Waals surface area contributed by atoms with Gasteiger partial charge in [0.15, 0.2) is 0 Å². The molecule has 1 heterocycles. The molecule has 1 aliphatic heterocycles. The number of anilines is 2. The molecule has 0 fully saturated rings. The van der Waals surface area contributed by atoms with Crippen LogP contribution in [0.15, 0.2) is 30.3 Å². The minimum Gasteiger partial charge on any atom is -0.371 e. The molecule has 0 saturated carbocycles. The average molecular weight is 408 g/mol. The van der Waals surface area contributed by atoms with Gasteiger partial charge in [-0.25, -0.2) is 0 Å². The van der Waals surface area contributed by atoms with Gasteiger partial charge in [0, 0.05) is 31.0 Å². The summed E-state index contributed by atoms with van der Waals surface area (Å²) in [7, 11) is 0.